The maximum absolute atomic E-state index is 13.3. The molecular weight excluding hydrogens is 467 g/mol. The molecule has 10 heteroatoms. The molecule has 1 N–H and O–H groups in total. The van der Waals surface area contributed by atoms with E-state index in [1.54, 1.807) is 56.7 Å². The van der Waals surface area contributed by atoms with Crippen molar-refractivity contribution in [1.82, 2.24) is 20.3 Å². The van der Waals surface area contributed by atoms with Gasteiger partial charge in [-0.1, -0.05) is 12.1 Å². The Morgan fingerprint density at radius 2 is 1.78 bits per heavy atom. The van der Waals surface area contributed by atoms with Crippen LogP contribution in [0.2, 0.25) is 0 Å². The molecule has 36 heavy (non-hydrogen) atoms. The van der Waals surface area contributed by atoms with E-state index in [4.69, 9.17) is 18.6 Å². The molecule has 2 aliphatic heterocycles. The summed E-state index contributed by atoms with van der Waals surface area (Å²) < 4.78 is 35.5. The van der Waals surface area contributed by atoms with E-state index in [2.05, 4.69) is 10.4 Å². The second-order valence-corrected chi connectivity index (χ2v) is 8.59. The molecule has 3 aromatic rings. The van der Waals surface area contributed by atoms with Crippen molar-refractivity contribution >= 4 is 5.91 Å². The smallest absolute Gasteiger partial charge is 0.251 e. The van der Waals surface area contributed by atoms with Gasteiger partial charge >= 0.3 is 0 Å². The molecule has 0 aliphatic carbocycles. The molecule has 2 atom stereocenters. The molecule has 2 aromatic carbocycles. The minimum atomic E-state index is -0.369. The zero-order valence-corrected chi connectivity index (χ0v) is 20.4. The number of amides is 1. The fourth-order valence-electron chi connectivity index (χ4n) is 4.54. The maximum atomic E-state index is 13.3. The second kappa shape index (κ2) is 9.54. The predicted octanol–water partition coefficient (Wildman–Crippen LogP) is 3.95. The third-order valence-electron chi connectivity index (χ3n) is 6.47. The Balaban J connectivity index is 1.34. The van der Waals surface area contributed by atoms with Gasteiger partial charge in [0.15, 0.2) is 11.5 Å². The molecule has 0 radical (unpaired) electrons. The van der Waals surface area contributed by atoms with E-state index < -0.39 is 0 Å². The number of oxazole rings is 1. The van der Waals surface area contributed by atoms with E-state index in [1.165, 1.54) is 12.1 Å². The lowest BCUT2D eigenvalue weighted by molar-refractivity contribution is -0.135. The number of hydrazine groups is 1. The monoisotopic (exact) mass is 494 g/mol. The van der Waals surface area contributed by atoms with Gasteiger partial charge in [0, 0.05) is 18.0 Å². The lowest BCUT2D eigenvalue weighted by Gasteiger charge is -2.31. The number of hydrogen-bond acceptors (Lipinski definition) is 8. The van der Waals surface area contributed by atoms with E-state index in [9.17, 15) is 9.18 Å². The van der Waals surface area contributed by atoms with E-state index >= 15 is 0 Å². The van der Waals surface area contributed by atoms with Gasteiger partial charge in [0.1, 0.15) is 23.3 Å². The summed E-state index contributed by atoms with van der Waals surface area (Å²) in [6, 6.07) is 9.41. The molecule has 9 nitrogen and oxygen atoms in total. The van der Waals surface area contributed by atoms with Gasteiger partial charge < -0.3 is 28.5 Å². The molecule has 1 aromatic heterocycles. The first kappa shape index (κ1) is 23.7. The van der Waals surface area contributed by atoms with Gasteiger partial charge in [-0.05, 0) is 43.2 Å². The van der Waals surface area contributed by atoms with Gasteiger partial charge in [0.25, 0.3) is 5.91 Å². The van der Waals surface area contributed by atoms with Crippen molar-refractivity contribution in [2.75, 3.05) is 21.3 Å². The lowest BCUT2D eigenvalue weighted by Crippen LogP contribution is -2.47. The summed E-state index contributed by atoms with van der Waals surface area (Å²) in [5.41, 5.74) is 5.56. The molecule has 5 rings (SSSR count). The van der Waals surface area contributed by atoms with Crippen LogP contribution in [0.25, 0.3) is 11.5 Å². The third-order valence-corrected chi connectivity index (χ3v) is 6.47. The molecule has 2 unspecified atom stereocenters. The van der Waals surface area contributed by atoms with Crippen molar-refractivity contribution in [1.29, 1.82) is 0 Å². The highest BCUT2D eigenvalue weighted by Gasteiger charge is 2.40. The molecule has 1 fully saturated rings. The Bertz CT molecular complexity index is 1280. The van der Waals surface area contributed by atoms with Crippen LogP contribution < -0.4 is 19.6 Å². The number of ether oxygens (including phenoxy) is 3. The summed E-state index contributed by atoms with van der Waals surface area (Å²) in [4.78, 5) is 19.6. The second-order valence-electron chi connectivity index (χ2n) is 8.59. The fourth-order valence-corrected chi connectivity index (χ4v) is 4.54. The Hall–Kier alpha value is -4.05. The number of aryl methyl sites for hydroxylation is 1. The average Bonchev–Trinajstić information content (AvgIpc) is 3.49. The van der Waals surface area contributed by atoms with Crippen molar-refractivity contribution in [3.63, 3.8) is 0 Å². The van der Waals surface area contributed by atoms with Crippen LogP contribution in [-0.2, 0) is 11.3 Å². The summed E-state index contributed by atoms with van der Waals surface area (Å²) in [6.07, 6.45) is 4.14. The van der Waals surface area contributed by atoms with Crippen molar-refractivity contribution in [3.05, 3.63) is 71.6 Å². The van der Waals surface area contributed by atoms with Crippen LogP contribution >= 0.6 is 0 Å². The molecule has 0 bridgehead atoms. The fraction of sp³-hybridized carbons (Fsp3) is 0.308. The van der Waals surface area contributed by atoms with E-state index in [1.807, 2.05) is 18.1 Å². The highest BCUT2D eigenvalue weighted by molar-refractivity contribution is 5.84. The summed E-state index contributed by atoms with van der Waals surface area (Å²) in [5.74, 6) is 2.11. The van der Waals surface area contributed by atoms with Crippen molar-refractivity contribution < 1.29 is 27.8 Å². The molecular formula is C26H27FN4O5. The van der Waals surface area contributed by atoms with E-state index in [0.717, 1.165) is 5.56 Å². The third kappa shape index (κ3) is 4.24. The van der Waals surface area contributed by atoms with Crippen LogP contribution in [0.3, 0.4) is 0 Å². The standard InChI is InChI=1S/C26H27FN4O5/c1-15-20(28-25(36-15)17-11-22(33-2)24(35-4)23(12-17)34-3)14-30-9-10-31-21(26(30)32)13-19(29-31)16-5-7-18(27)8-6-16/h5-12,19,21,29H,13-14H2,1-4H3. The van der Waals surface area contributed by atoms with Gasteiger partial charge in [0.05, 0.1) is 33.9 Å². The maximum Gasteiger partial charge on any atom is 0.251 e. The number of nitrogens with one attached hydrogen (secondary N) is 1. The van der Waals surface area contributed by atoms with Crippen LogP contribution in [0.5, 0.6) is 17.2 Å². The lowest BCUT2D eigenvalue weighted by atomic mass is 10.0. The summed E-state index contributed by atoms with van der Waals surface area (Å²) >= 11 is 0. The normalized spacial score (nSPS) is 19.0. The van der Waals surface area contributed by atoms with Crippen molar-refractivity contribution in [2.45, 2.75) is 32.0 Å². The van der Waals surface area contributed by atoms with Gasteiger partial charge in [-0.2, -0.15) is 0 Å². The van der Waals surface area contributed by atoms with Crippen molar-refractivity contribution in [2.24, 2.45) is 0 Å². The van der Waals surface area contributed by atoms with Crippen LogP contribution in [0.15, 0.2) is 53.2 Å². The van der Waals surface area contributed by atoms with Gasteiger partial charge in [-0.3, -0.25) is 4.79 Å². The van der Waals surface area contributed by atoms with Gasteiger partial charge in [-0.15, -0.1) is 0 Å². The Kier molecular flexibility index (Phi) is 6.27. The van der Waals surface area contributed by atoms with Crippen LogP contribution in [0.4, 0.5) is 4.39 Å². The van der Waals surface area contributed by atoms with Crippen LogP contribution in [-0.4, -0.2) is 48.2 Å². The molecule has 3 heterocycles. The first-order valence-electron chi connectivity index (χ1n) is 11.5. The Morgan fingerprint density at radius 3 is 2.42 bits per heavy atom. The number of rotatable bonds is 7. The number of hydrogen-bond donors (Lipinski definition) is 1. The minimum Gasteiger partial charge on any atom is -0.493 e. The highest BCUT2D eigenvalue weighted by Crippen LogP contribution is 2.41. The van der Waals surface area contributed by atoms with Crippen LogP contribution in [0.1, 0.15) is 29.5 Å². The number of nitrogens with zero attached hydrogens (tertiary/aromatic N) is 3. The van der Waals surface area contributed by atoms with E-state index in [0.29, 0.717) is 46.6 Å². The first-order valence-corrected chi connectivity index (χ1v) is 11.5. The first-order chi connectivity index (χ1) is 17.4. The van der Waals surface area contributed by atoms with Gasteiger partial charge in [0.2, 0.25) is 11.6 Å². The number of aromatic nitrogens is 1. The highest BCUT2D eigenvalue weighted by atomic mass is 19.1. The zero-order chi connectivity index (χ0) is 25.4. The molecule has 0 spiro atoms. The van der Waals surface area contributed by atoms with E-state index in [-0.39, 0.29) is 30.4 Å². The average molecular weight is 495 g/mol. The Morgan fingerprint density at radius 1 is 1.08 bits per heavy atom. The van der Waals surface area contributed by atoms with Crippen molar-refractivity contribution in [3.8, 4) is 28.7 Å². The number of carbonyl (C=O) groups is 1. The van der Waals surface area contributed by atoms with Crippen LogP contribution in [0, 0.1) is 12.7 Å². The largest absolute Gasteiger partial charge is 0.493 e. The SMILES string of the molecule is COc1cc(-c2nc(CN3C=CN4NC(c5ccc(F)cc5)CC4C3=O)c(C)o2)cc(OC)c1OC. The summed E-state index contributed by atoms with van der Waals surface area (Å²) in [6.45, 7) is 2.08. The molecule has 1 saturated heterocycles. The quantitative estimate of drug-likeness (QED) is 0.528. The predicted molar refractivity (Wildman–Crippen MR) is 129 cm³/mol. The molecule has 1 amide bonds. The van der Waals surface area contributed by atoms with Gasteiger partial charge in [-0.25, -0.2) is 14.8 Å². The zero-order valence-electron chi connectivity index (χ0n) is 20.4. The molecule has 2 aliphatic rings. The Labute approximate surface area is 208 Å². The number of benzene rings is 2. The number of fused-ring (bicyclic) bond motifs is 1. The summed E-state index contributed by atoms with van der Waals surface area (Å²) in [7, 11) is 4.63. The number of halogens is 1. The number of carbonyl (C=O) groups excluding carboxylic acids is 1. The molecule has 0 saturated carbocycles. The minimum absolute atomic E-state index is 0.0497. The molecule has 188 valence electrons. The topological polar surface area (TPSA) is 89.3 Å². The summed E-state index contributed by atoms with van der Waals surface area (Å²) in [5, 5.41) is 1.81. The number of methoxy groups -OCH3 is 3.